The zero-order valence-corrected chi connectivity index (χ0v) is 11.0. The minimum Gasteiger partial charge on any atom is -0.381 e. The molecule has 1 aliphatic rings. The summed E-state index contributed by atoms with van der Waals surface area (Å²) in [6.07, 6.45) is 5.06. The van der Waals surface area contributed by atoms with Crippen molar-refractivity contribution in [2.24, 2.45) is 0 Å². The number of hydrogen-bond donors (Lipinski definition) is 1. The van der Waals surface area contributed by atoms with Gasteiger partial charge < -0.3 is 5.32 Å². The number of anilines is 1. The average Bonchev–Trinajstić information content (AvgIpc) is 2.46. The van der Waals surface area contributed by atoms with E-state index in [-0.39, 0.29) is 5.82 Å². The highest BCUT2D eigenvalue weighted by molar-refractivity contribution is 5.44. The van der Waals surface area contributed by atoms with Crippen LogP contribution in [0.25, 0.3) is 0 Å². The highest BCUT2D eigenvalue weighted by Crippen LogP contribution is 2.22. The summed E-state index contributed by atoms with van der Waals surface area (Å²) in [7, 11) is 0. The van der Waals surface area contributed by atoms with Crippen molar-refractivity contribution in [3.63, 3.8) is 0 Å². The topological polar surface area (TPSA) is 12.0 Å². The molecule has 19 heavy (non-hydrogen) atoms. The molecule has 0 amide bonds. The molecule has 0 radical (unpaired) electrons. The first kappa shape index (κ1) is 12.2. The summed E-state index contributed by atoms with van der Waals surface area (Å²) in [5, 5.41) is 3.33. The summed E-state index contributed by atoms with van der Waals surface area (Å²) in [5.74, 6) is -0.195. The van der Waals surface area contributed by atoms with E-state index in [9.17, 15) is 4.39 Å². The third kappa shape index (κ3) is 2.95. The van der Waals surface area contributed by atoms with E-state index in [4.69, 9.17) is 0 Å². The van der Waals surface area contributed by atoms with Gasteiger partial charge in [0.2, 0.25) is 0 Å². The zero-order chi connectivity index (χ0) is 13.1. The van der Waals surface area contributed by atoms with Crippen molar-refractivity contribution in [2.75, 3.05) is 5.32 Å². The van der Waals surface area contributed by atoms with Gasteiger partial charge in [0, 0.05) is 12.2 Å². The van der Waals surface area contributed by atoms with E-state index in [1.165, 1.54) is 54.5 Å². The maximum Gasteiger partial charge on any atom is 0.123 e. The fraction of sp³-hybridized carbons (Fsp3) is 0.294. The lowest BCUT2D eigenvalue weighted by molar-refractivity contribution is 0.628. The summed E-state index contributed by atoms with van der Waals surface area (Å²) in [6, 6.07) is 13.3. The van der Waals surface area contributed by atoms with Crippen LogP contribution < -0.4 is 5.32 Å². The minimum atomic E-state index is -0.195. The van der Waals surface area contributed by atoms with Crippen LogP contribution in [0.5, 0.6) is 0 Å². The number of benzene rings is 2. The van der Waals surface area contributed by atoms with E-state index in [2.05, 4.69) is 23.5 Å². The van der Waals surface area contributed by atoms with Crippen LogP contribution in [0.3, 0.4) is 0 Å². The van der Waals surface area contributed by atoms with Crippen LogP contribution >= 0.6 is 0 Å². The van der Waals surface area contributed by atoms with Crippen LogP contribution in [-0.2, 0) is 19.4 Å². The number of halogens is 1. The maximum atomic E-state index is 12.8. The Morgan fingerprint density at radius 3 is 2.42 bits per heavy atom. The molecule has 0 spiro atoms. The molecule has 0 bridgehead atoms. The van der Waals surface area contributed by atoms with Crippen molar-refractivity contribution in [2.45, 2.75) is 32.2 Å². The van der Waals surface area contributed by atoms with Gasteiger partial charge >= 0.3 is 0 Å². The van der Waals surface area contributed by atoms with Crippen LogP contribution in [0.4, 0.5) is 10.1 Å². The Labute approximate surface area is 113 Å². The molecule has 0 aromatic heterocycles. The lowest BCUT2D eigenvalue weighted by Crippen LogP contribution is -2.05. The van der Waals surface area contributed by atoms with Gasteiger partial charge in [-0.3, -0.25) is 0 Å². The fourth-order valence-electron chi connectivity index (χ4n) is 2.67. The molecular formula is C17H18FN. The SMILES string of the molecule is Fc1ccc(NCc2ccc3c(c2)CCCC3)cc1. The van der Waals surface area contributed by atoms with Gasteiger partial charge in [-0.15, -0.1) is 0 Å². The molecule has 98 valence electrons. The predicted molar refractivity (Wildman–Crippen MR) is 76.8 cm³/mol. The second-order valence-corrected chi connectivity index (χ2v) is 5.17. The van der Waals surface area contributed by atoms with Crippen molar-refractivity contribution >= 4 is 5.69 Å². The standard InChI is InChI=1S/C17H18FN/c18-16-7-9-17(10-8-16)19-12-13-5-6-14-3-1-2-4-15(14)11-13/h5-11,19H,1-4,12H2. The second kappa shape index (κ2) is 5.43. The van der Waals surface area contributed by atoms with Gasteiger partial charge in [0.1, 0.15) is 5.82 Å². The van der Waals surface area contributed by atoms with Gasteiger partial charge in [-0.2, -0.15) is 0 Å². The smallest absolute Gasteiger partial charge is 0.123 e. The molecule has 0 aliphatic heterocycles. The van der Waals surface area contributed by atoms with Crippen LogP contribution in [-0.4, -0.2) is 0 Å². The van der Waals surface area contributed by atoms with Gasteiger partial charge in [0.05, 0.1) is 0 Å². The van der Waals surface area contributed by atoms with Gasteiger partial charge in [-0.1, -0.05) is 18.2 Å². The molecule has 0 heterocycles. The first-order valence-corrected chi connectivity index (χ1v) is 6.91. The van der Waals surface area contributed by atoms with Gasteiger partial charge in [0.25, 0.3) is 0 Å². The second-order valence-electron chi connectivity index (χ2n) is 5.17. The number of aryl methyl sites for hydroxylation is 2. The fourth-order valence-corrected chi connectivity index (χ4v) is 2.67. The Balaban J connectivity index is 1.68. The van der Waals surface area contributed by atoms with Crippen LogP contribution in [0, 0.1) is 5.82 Å². The Morgan fingerprint density at radius 1 is 0.895 bits per heavy atom. The lowest BCUT2D eigenvalue weighted by Gasteiger charge is -2.17. The molecule has 3 rings (SSSR count). The first-order valence-electron chi connectivity index (χ1n) is 6.91. The summed E-state index contributed by atoms with van der Waals surface area (Å²) in [5.41, 5.74) is 5.27. The van der Waals surface area contributed by atoms with E-state index in [0.717, 1.165) is 12.2 Å². The highest BCUT2D eigenvalue weighted by Gasteiger charge is 2.09. The van der Waals surface area contributed by atoms with Gasteiger partial charge in [-0.25, -0.2) is 4.39 Å². The van der Waals surface area contributed by atoms with Crippen LogP contribution in [0.15, 0.2) is 42.5 Å². The quantitative estimate of drug-likeness (QED) is 0.861. The molecule has 0 unspecified atom stereocenters. The van der Waals surface area contributed by atoms with Crippen molar-refractivity contribution in [1.82, 2.24) is 0 Å². The molecule has 0 saturated heterocycles. The average molecular weight is 255 g/mol. The zero-order valence-electron chi connectivity index (χ0n) is 11.0. The van der Waals surface area contributed by atoms with E-state index in [1.807, 2.05) is 0 Å². The third-order valence-corrected chi connectivity index (χ3v) is 3.75. The molecule has 2 aromatic rings. The summed E-state index contributed by atoms with van der Waals surface area (Å²) < 4.78 is 12.8. The number of hydrogen-bond acceptors (Lipinski definition) is 1. The van der Waals surface area contributed by atoms with Crippen molar-refractivity contribution < 1.29 is 4.39 Å². The molecule has 0 atom stereocenters. The number of nitrogens with one attached hydrogen (secondary N) is 1. The van der Waals surface area contributed by atoms with Gasteiger partial charge in [-0.05, 0) is 66.6 Å². The largest absolute Gasteiger partial charge is 0.381 e. The van der Waals surface area contributed by atoms with Gasteiger partial charge in [0.15, 0.2) is 0 Å². The molecular weight excluding hydrogens is 237 g/mol. The normalized spacial score (nSPS) is 13.9. The third-order valence-electron chi connectivity index (χ3n) is 3.75. The highest BCUT2D eigenvalue weighted by atomic mass is 19.1. The molecule has 0 fully saturated rings. The molecule has 1 N–H and O–H groups in total. The monoisotopic (exact) mass is 255 g/mol. The summed E-state index contributed by atoms with van der Waals surface area (Å²) in [6.45, 7) is 0.791. The minimum absolute atomic E-state index is 0.195. The van der Waals surface area contributed by atoms with Crippen molar-refractivity contribution in [3.8, 4) is 0 Å². The van der Waals surface area contributed by atoms with Crippen LogP contribution in [0.2, 0.25) is 0 Å². The van der Waals surface area contributed by atoms with E-state index in [1.54, 1.807) is 12.1 Å². The summed E-state index contributed by atoms with van der Waals surface area (Å²) in [4.78, 5) is 0. The number of rotatable bonds is 3. The molecule has 1 aliphatic carbocycles. The first-order chi connectivity index (χ1) is 9.31. The van der Waals surface area contributed by atoms with Crippen LogP contribution in [0.1, 0.15) is 29.5 Å². The maximum absolute atomic E-state index is 12.8. The van der Waals surface area contributed by atoms with E-state index in [0.29, 0.717) is 0 Å². The van der Waals surface area contributed by atoms with E-state index >= 15 is 0 Å². The Hall–Kier alpha value is -1.83. The molecule has 2 aromatic carbocycles. The van der Waals surface area contributed by atoms with Crippen molar-refractivity contribution in [1.29, 1.82) is 0 Å². The Morgan fingerprint density at radius 2 is 1.63 bits per heavy atom. The predicted octanol–water partition coefficient (Wildman–Crippen LogP) is 4.32. The van der Waals surface area contributed by atoms with E-state index < -0.39 is 0 Å². The Kier molecular flexibility index (Phi) is 3.49. The molecule has 2 heteroatoms. The Bertz CT molecular complexity index is 560. The molecule has 0 saturated carbocycles. The van der Waals surface area contributed by atoms with Crippen molar-refractivity contribution in [3.05, 3.63) is 65.0 Å². The molecule has 1 nitrogen and oxygen atoms in total. The number of fused-ring (bicyclic) bond motifs is 1. The summed E-state index contributed by atoms with van der Waals surface area (Å²) >= 11 is 0. The lowest BCUT2D eigenvalue weighted by atomic mass is 9.90.